The first-order valence-electron chi connectivity index (χ1n) is 10.3. The largest absolute Gasteiger partial charge is 1.00 e. The predicted octanol–water partition coefficient (Wildman–Crippen LogP) is 3.02. The van der Waals surface area contributed by atoms with E-state index in [1.54, 1.807) is 0 Å². The lowest BCUT2D eigenvalue weighted by atomic mass is 9.93. The van der Waals surface area contributed by atoms with E-state index in [1.807, 2.05) is 18.5 Å². The zero-order valence-electron chi connectivity index (χ0n) is 17.1. The zero-order chi connectivity index (χ0) is 20.1. The van der Waals surface area contributed by atoms with Crippen molar-refractivity contribution < 1.29 is 28.5 Å². The quantitative estimate of drug-likeness (QED) is 0.207. The Hall–Kier alpha value is -3.12. The van der Waals surface area contributed by atoms with Gasteiger partial charge in [0, 0.05) is 27.3 Å². The van der Waals surface area contributed by atoms with Gasteiger partial charge in [-0.2, -0.15) is 0 Å². The third-order valence-electron chi connectivity index (χ3n) is 5.93. The summed E-state index contributed by atoms with van der Waals surface area (Å²) in [7, 11) is 0. The molecule has 0 unspecified atom stereocenters. The number of benzene rings is 4. The molecule has 150 valence electrons. The lowest BCUT2D eigenvalue weighted by Crippen LogP contribution is -3.00. The third-order valence-corrected chi connectivity index (χ3v) is 5.93. The summed E-state index contributed by atoms with van der Waals surface area (Å²) in [5.74, 6) is 0. The SMILES string of the molecule is CC[n+]1cnc2ccc3c(-c4ccccc4)nc(-c4ccccc4)c4ccc1c2c34.[I-]. The second kappa shape index (κ2) is 7.85. The molecule has 2 heterocycles. The summed E-state index contributed by atoms with van der Waals surface area (Å²) in [6.45, 7) is 3.04. The molecule has 0 aliphatic rings. The number of pyridine rings is 1. The highest BCUT2D eigenvalue weighted by Crippen LogP contribution is 2.40. The summed E-state index contributed by atoms with van der Waals surface area (Å²) < 4.78 is 2.21. The lowest BCUT2D eigenvalue weighted by Gasteiger charge is -2.16. The first-order valence-corrected chi connectivity index (χ1v) is 10.3. The number of rotatable bonds is 3. The Kier molecular flexibility index (Phi) is 5.02. The Morgan fingerprint density at radius 3 is 1.84 bits per heavy atom. The molecular weight excluding hydrogens is 493 g/mol. The van der Waals surface area contributed by atoms with Gasteiger partial charge in [-0.25, -0.2) is 9.55 Å². The van der Waals surface area contributed by atoms with E-state index in [-0.39, 0.29) is 24.0 Å². The maximum atomic E-state index is 5.21. The van der Waals surface area contributed by atoms with Crippen LogP contribution in [0.2, 0.25) is 0 Å². The van der Waals surface area contributed by atoms with E-state index >= 15 is 0 Å². The number of aromatic nitrogens is 3. The molecule has 0 aliphatic carbocycles. The monoisotopic (exact) mass is 513 g/mol. The van der Waals surface area contributed by atoms with Crippen molar-refractivity contribution >= 4 is 32.6 Å². The van der Waals surface area contributed by atoms with Crippen molar-refractivity contribution in [1.82, 2.24) is 9.97 Å². The highest BCUT2D eigenvalue weighted by molar-refractivity contribution is 6.25. The van der Waals surface area contributed by atoms with Crippen LogP contribution in [0.3, 0.4) is 0 Å². The van der Waals surface area contributed by atoms with E-state index in [9.17, 15) is 0 Å². The van der Waals surface area contributed by atoms with Gasteiger partial charge in [0.05, 0.1) is 23.3 Å². The zero-order valence-corrected chi connectivity index (χ0v) is 19.2. The summed E-state index contributed by atoms with van der Waals surface area (Å²) in [6.07, 6.45) is 1.94. The molecule has 0 saturated heterocycles. The summed E-state index contributed by atoms with van der Waals surface area (Å²) >= 11 is 0. The molecule has 0 bridgehead atoms. The van der Waals surface area contributed by atoms with Crippen LogP contribution in [0.25, 0.3) is 55.1 Å². The number of aryl methyl sites for hydroxylation is 1. The molecule has 0 N–H and O–H groups in total. The van der Waals surface area contributed by atoms with Crippen molar-refractivity contribution in [2.45, 2.75) is 13.5 Å². The minimum atomic E-state index is 0. The van der Waals surface area contributed by atoms with Gasteiger partial charge in [0.2, 0.25) is 0 Å². The van der Waals surface area contributed by atoms with Gasteiger partial charge in [-0.1, -0.05) is 60.7 Å². The topological polar surface area (TPSA) is 29.7 Å². The number of hydrogen-bond donors (Lipinski definition) is 0. The van der Waals surface area contributed by atoms with Crippen LogP contribution in [0.4, 0.5) is 0 Å². The fourth-order valence-electron chi connectivity index (χ4n) is 4.51. The number of hydrogen-bond acceptors (Lipinski definition) is 2. The molecule has 0 aliphatic heterocycles. The van der Waals surface area contributed by atoms with Gasteiger partial charge < -0.3 is 24.0 Å². The standard InChI is InChI=1S/C27H20N3.HI/c1-2-30-17-28-22-15-13-20-24-21(14-16-23(30)25(22)24)27(19-11-7-4-8-12-19)29-26(20)18-9-5-3-6-10-18;/h3-17H,2H2,1H3;1H/q+1;/p-1. The molecule has 6 rings (SSSR count). The molecule has 0 saturated carbocycles. The smallest absolute Gasteiger partial charge is 0.287 e. The average Bonchev–Trinajstić information content (AvgIpc) is 2.83. The van der Waals surface area contributed by atoms with Crippen molar-refractivity contribution in [3.8, 4) is 22.5 Å². The van der Waals surface area contributed by atoms with Crippen LogP contribution in [0.5, 0.6) is 0 Å². The molecule has 2 aromatic heterocycles. The average molecular weight is 513 g/mol. The van der Waals surface area contributed by atoms with Crippen LogP contribution < -0.4 is 28.5 Å². The van der Waals surface area contributed by atoms with E-state index < -0.39 is 0 Å². The number of halogens is 1. The lowest BCUT2D eigenvalue weighted by molar-refractivity contribution is -0.670. The number of nitrogens with zero attached hydrogens (tertiary/aromatic N) is 3. The highest BCUT2D eigenvalue weighted by Gasteiger charge is 2.21. The van der Waals surface area contributed by atoms with Gasteiger partial charge in [0.1, 0.15) is 5.52 Å². The summed E-state index contributed by atoms with van der Waals surface area (Å²) in [6, 6.07) is 29.7. The van der Waals surface area contributed by atoms with E-state index in [2.05, 4.69) is 84.3 Å². The minimum Gasteiger partial charge on any atom is -1.00 e. The molecule has 6 aromatic rings. The predicted molar refractivity (Wildman–Crippen MR) is 122 cm³/mol. The second-order valence-electron chi connectivity index (χ2n) is 7.59. The van der Waals surface area contributed by atoms with E-state index in [1.165, 1.54) is 27.1 Å². The maximum Gasteiger partial charge on any atom is 0.287 e. The van der Waals surface area contributed by atoms with Gasteiger partial charge in [-0.05, 0) is 36.2 Å². The van der Waals surface area contributed by atoms with Crippen LogP contribution in [0, 0.1) is 0 Å². The van der Waals surface area contributed by atoms with Crippen LogP contribution in [-0.4, -0.2) is 9.97 Å². The Morgan fingerprint density at radius 2 is 1.26 bits per heavy atom. The van der Waals surface area contributed by atoms with Crippen LogP contribution in [0.1, 0.15) is 6.92 Å². The Labute approximate surface area is 197 Å². The molecule has 4 heteroatoms. The summed E-state index contributed by atoms with van der Waals surface area (Å²) in [4.78, 5) is 9.96. The molecule has 0 spiro atoms. The fraction of sp³-hybridized carbons (Fsp3) is 0.0741. The normalized spacial score (nSPS) is 11.3. The first kappa shape index (κ1) is 19.8. The van der Waals surface area contributed by atoms with E-state index in [0.29, 0.717) is 0 Å². The van der Waals surface area contributed by atoms with Crippen molar-refractivity contribution in [3.05, 3.63) is 91.3 Å². The van der Waals surface area contributed by atoms with Crippen molar-refractivity contribution in [2.24, 2.45) is 0 Å². The fourth-order valence-corrected chi connectivity index (χ4v) is 4.51. The van der Waals surface area contributed by atoms with Crippen LogP contribution >= 0.6 is 0 Å². The summed E-state index contributed by atoms with van der Waals surface area (Å²) in [5.41, 5.74) is 6.53. The minimum absolute atomic E-state index is 0. The molecule has 3 nitrogen and oxygen atoms in total. The molecule has 0 radical (unpaired) electrons. The summed E-state index contributed by atoms with van der Waals surface area (Å²) in [5, 5.41) is 4.80. The van der Waals surface area contributed by atoms with Crippen molar-refractivity contribution in [2.75, 3.05) is 0 Å². The maximum absolute atomic E-state index is 5.21. The highest BCUT2D eigenvalue weighted by atomic mass is 127. The van der Waals surface area contributed by atoms with Crippen LogP contribution in [0.15, 0.2) is 91.3 Å². The second-order valence-corrected chi connectivity index (χ2v) is 7.59. The van der Waals surface area contributed by atoms with Gasteiger partial charge in [-0.15, -0.1) is 0 Å². The van der Waals surface area contributed by atoms with Gasteiger partial charge in [-0.3, -0.25) is 0 Å². The Bertz CT molecular complexity index is 1450. The molecule has 0 amide bonds. The molecule has 0 fully saturated rings. The molecule has 31 heavy (non-hydrogen) atoms. The molecular formula is C27H20IN3. The van der Waals surface area contributed by atoms with Crippen LogP contribution in [-0.2, 0) is 6.54 Å². The Morgan fingerprint density at radius 1 is 0.677 bits per heavy atom. The molecule has 4 aromatic carbocycles. The van der Waals surface area contributed by atoms with Crippen molar-refractivity contribution in [3.63, 3.8) is 0 Å². The first-order chi connectivity index (χ1) is 14.8. The van der Waals surface area contributed by atoms with E-state index in [4.69, 9.17) is 9.97 Å². The molecule has 0 atom stereocenters. The van der Waals surface area contributed by atoms with Gasteiger partial charge >= 0.3 is 0 Å². The van der Waals surface area contributed by atoms with Crippen molar-refractivity contribution in [1.29, 1.82) is 0 Å². The third kappa shape index (κ3) is 3.05. The van der Waals surface area contributed by atoms with Gasteiger partial charge in [0.15, 0.2) is 5.52 Å². The van der Waals surface area contributed by atoms with Gasteiger partial charge in [0.25, 0.3) is 6.33 Å². The Balaban J connectivity index is 0.00000204. The van der Waals surface area contributed by atoms with E-state index in [0.717, 1.165) is 34.6 Å².